The molecule has 3 rings (SSSR count). The summed E-state index contributed by atoms with van der Waals surface area (Å²) in [4.78, 5) is 2.15. The molecule has 2 nitrogen and oxygen atoms in total. The highest BCUT2D eigenvalue weighted by molar-refractivity contribution is 5.53. The van der Waals surface area contributed by atoms with Crippen LogP contribution in [0.25, 0.3) is 0 Å². The van der Waals surface area contributed by atoms with Gasteiger partial charge in [-0.2, -0.15) is 5.26 Å². The van der Waals surface area contributed by atoms with Crippen molar-refractivity contribution < 1.29 is 4.39 Å². The number of hydrogen-bond donors (Lipinski definition) is 0. The third-order valence-corrected chi connectivity index (χ3v) is 3.73. The van der Waals surface area contributed by atoms with Crippen molar-refractivity contribution >= 4 is 5.69 Å². The van der Waals surface area contributed by atoms with Gasteiger partial charge in [0.25, 0.3) is 0 Å². The second-order valence-corrected chi connectivity index (χ2v) is 5.10. The fraction of sp³-hybridized carbons (Fsp3) is 0.235. The molecule has 100 valence electrons. The smallest absolute Gasteiger partial charge is 0.126 e. The number of nitrogens with zero attached hydrogens (tertiary/aromatic N) is 2. The van der Waals surface area contributed by atoms with E-state index in [0.717, 1.165) is 31.6 Å². The summed E-state index contributed by atoms with van der Waals surface area (Å²) in [5.41, 5.74) is 3.82. The molecule has 0 atom stereocenters. The van der Waals surface area contributed by atoms with Gasteiger partial charge in [0, 0.05) is 18.8 Å². The fourth-order valence-corrected chi connectivity index (χ4v) is 2.74. The van der Waals surface area contributed by atoms with E-state index in [1.807, 2.05) is 12.1 Å². The van der Waals surface area contributed by atoms with Gasteiger partial charge in [0.05, 0.1) is 11.6 Å². The summed E-state index contributed by atoms with van der Waals surface area (Å²) in [6, 6.07) is 14.9. The average Bonchev–Trinajstić information content (AvgIpc) is 2.68. The fourth-order valence-electron chi connectivity index (χ4n) is 2.74. The minimum Gasteiger partial charge on any atom is -0.367 e. The Hall–Kier alpha value is -2.34. The Labute approximate surface area is 118 Å². The van der Waals surface area contributed by atoms with Crippen LogP contribution in [0.5, 0.6) is 0 Å². The lowest BCUT2D eigenvalue weighted by molar-refractivity contribution is 0.625. The zero-order chi connectivity index (χ0) is 13.9. The van der Waals surface area contributed by atoms with E-state index in [1.165, 1.54) is 23.3 Å². The van der Waals surface area contributed by atoms with Gasteiger partial charge < -0.3 is 4.90 Å². The molecule has 0 fully saturated rings. The summed E-state index contributed by atoms with van der Waals surface area (Å²) in [5, 5.41) is 8.96. The molecule has 2 aromatic carbocycles. The third-order valence-electron chi connectivity index (χ3n) is 3.73. The van der Waals surface area contributed by atoms with Gasteiger partial charge in [0.2, 0.25) is 0 Å². The van der Waals surface area contributed by atoms with Gasteiger partial charge in [0.1, 0.15) is 5.82 Å². The van der Waals surface area contributed by atoms with E-state index in [2.05, 4.69) is 23.1 Å². The highest BCUT2D eigenvalue weighted by Gasteiger charge is 2.15. The van der Waals surface area contributed by atoms with Gasteiger partial charge >= 0.3 is 0 Å². The minimum absolute atomic E-state index is 0.350. The van der Waals surface area contributed by atoms with Gasteiger partial charge in [-0.3, -0.25) is 0 Å². The zero-order valence-corrected chi connectivity index (χ0v) is 11.1. The molecule has 0 N–H and O–H groups in total. The minimum atomic E-state index is -0.350. The molecule has 0 unspecified atom stereocenters. The van der Waals surface area contributed by atoms with E-state index in [9.17, 15) is 4.39 Å². The summed E-state index contributed by atoms with van der Waals surface area (Å²) < 4.78 is 13.6. The van der Waals surface area contributed by atoms with Crippen molar-refractivity contribution in [1.82, 2.24) is 0 Å². The zero-order valence-electron chi connectivity index (χ0n) is 11.1. The Balaban J connectivity index is 1.95. The molecule has 0 bridgehead atoms. The molecule has 0 saturated carbocycles. The molecule has 0 aromatic heterocycles. The van der Waals surface area contributed by atoms with Crippen LogP contribution >= 0.6 is 0 Å². The number of benzene rings is 2. The van der Waals surface area contributed by atoms with Crippen molar-refractivity contribution in [3.05, 3.63) is 65.0 Å². The highest BCUT2D eigenvalue weighted by atomic mass is 19.1. The van der Waals surface area contributed by atoms with Crippen LogP contribution in [0.3, 0.4) is 0 Å². The van der Waals surface area contributed by atoms with Crippen LogP contribution in [-0.4, -0.2) is 6.54 Å². The number of fused-ring (bicyclic) bond motifs is 1. The maximum Gasteiger partial charge on any atom is 0.126 e. The molecule has 0 spiro atoms. The van der Waals surface area contributed by atoms with E-state index in [4.69, 9.17) is 5.26 Å². The quantitative estimate of drug-likeness (QED) is 0.787. The number of hydrogen-bond acceptors (Lipinski definition) is 2. The molecule has 1 heterocycles. The molecule has 0 radical (unpaired) electrons. The number of rotatable bonds is 1. The number of aryl methyl sites for hydroxylation is 1. The van der Waals surface area contributed by atoms with Crippen LogP contribution in [0.4, 0.5) is 10.1 Å². The molecular weight excluding hydrogens is 251 g/mol. The van der Waals surface area contributed by atoms with E-state index in [-0.39, 0.29) is 5.82 Å². The van der Waals surface area contributed by atoms with Crippen molar-refractivity contribution in [3.8, 4) is 6.07 Å². The predicted octanol–water partition coefficient (Wildman–Crippen LogP) is 3.65. The summed E-state index contributed by atoms with van der Waals surface area (Å²) in [6.07, 6.45) is 2.09. The van der Waals surface area contributed by atoms with E-state index >= 15 is 0 Å². The Bertz CT molecular complexity index is 673. The SMILES string of the molecule is N#Cc1cc(F)cc(N2CCCc3ccccc3C2)c1. The van der Waals surface area contributed by atoms with Gasteiger partial charge in [-0.25, -0.2) is 4.39 Å². The first-order valence-electron chi connectivity index (χ1n) is 6.79. The van der Waals surface area contributed by atoms with Crippen molar-refractivity contribution in [3.63, 3.8) is 0 Å². The summed E-state index contributed by atoms with van der Waals surface area (Å²) in [5.74, 6) is -0.350. The third kappa shape index (κ3) is 2.50. The molecule has 3 heteroatoms. The Kier molecular flexibility index (Phi) is 3.39. The topological polar surface area (TPSA) is 27.0 Å². The molecule has 20 heavy (non-hydrogen) atoms. The van der Waals surface area contributed by atoms with Gasteiger partial charge in [-0.1, -0.05) is 24.3 Å². The predicted molar refractivity (Wildman–Crippen MR) is 76.9 cm³/mol. The van der Waals surface area contributed by atoms with Crippen LogP contribution in [0.1, 0.15) is 23.1 Å². The Morgan fingerprint density at radius 1 is 1.10 bits per heavy atom. The van der Waals surface area contributed by atoms with Crippen molar-refractivity contribution in [2.45, 2.75) is 19.4 Å². The van der Waals surface area contributed by atoms with E-state index < -0.39 is 0 Å². The molecule has 0 aliphatic carbocycles. The Morgan fingerprint density at radius 2 is 1.90 bits per heavy atom. The molecular formula is C17H15FN2. The first-order chi connectivity index (χ1) is 9.76. The van der Waals surface area contributed by atoms with Crippen LogP contribution in [0.15, 0.2) is 42.5 Å². The molecule has 2 aromatic rings. The van der Waals surface area contributed by atoms with Crippen molar-refractivity contribution in [2.75, 3.05) is 11.4 Å². The first-order valence-corrected chi connectivity index (χ1v) is 6.79. The van der Waals surface area contributed by atoms with Gasteiger partial charge in [-0.05, 0) is 42.2 Å². The summed E-state index contributed by atoms with van der Waals surface area (Å²) in [6.45, 7) is 1.65. The second-order valence-electron chi connectivity index (χ2n) is 5.10. The largest absolute Gasteiger partial charge is 0.367 e. The second kappa shape index (κ2) is 5.34. The number of anilines is 1. The molecule has 1 aliphatic rings. The monoisotopic (exact) mass is 266 g/mol. The van der Waals surface area contributed by atoms with Crippen molar-refractivity contribution in [1.29, 1.82) is 5.26 Å². The standard InChI is InChI=1S/C17H15FN2/c18-16-8-13(11-19)9-17(10-16)20-7-3-6-14-4-1-2-5-15(14)12-20/h1-2,4-5,8-10H,3,6-7,12H2. The van der Waals surface area contributed by atoms with Gasteiger partial charge in [-0.15, -0.1) is 0 Å². The lowest BCUT2D eigenvalue weighted by atomic mass is 10.0. The molecule has 1 aliphatic heterocycles. The average molecular weight is 266 g/mol. The van der Waals surface area contributed by atoms with Gasteiger partial charge in [0.15, 0.2) is 0 Å². The lowest BCUT2D eigenvalue weighted by Gasteiger charge is -2.23. The lowest BCUT2D eigenvalue weighted by Crippen LogP contribution is -2.22. The summed E-state index contributed by atoms with van der Waals surface area (Å²) in [7, 11) is 0. The van der Waals surface area contributed by atoms with E-state index in [0.29, 0.717) is 5.56 Å². The highest BCUT2D eigenvalue weighted by Crippen LogP contribution is 2.25. The molecule has 0 amide bonds. The first kappa shape index (κ1) is 12.7. The molecule has 0 saturated heterocycles. The number of nitriles is 1. The van der Waals surface area contributed by atoms with Crippen LogP contribution in [-0.2, 0) is 13.0 Å². The summed E-state index contributed by atoms with van der Waals surface area (Å²) >= 11 is 0. The number of halogens is 1. The van der Waals surface area contributed by atoms with Crippen LogP contribution in [0, 0.1) is 17.1 Å². The van der Waals surface area contributed by atoms with Crippen LogP contribution in [0.2, 0.25) is 0 Å². The van der Waals surface area contributed by atoms with Crippen LogP contribution < -0.4 is 4.90 Å². The maximum absolute atomic E-state index is 13.6. The van der Waals surface area contributed by atoms with Crippen molar-refractivity contribution in [2.24, 2.45) is 0 Å². The maximum atomic E-state index is 13.6. The Morgan fingerprint density at radius 3 is 2.70 bits per heavy atom. The normalized spacial score (nSPS) is 14.3. The van der Waals surface area contributed by atoms with E-state index in [1.54, 1.807) is 6.07 Å².